The lowest BCUT2D eigenvalue weighted by Crippen LogP contribution is -2.21. The minimum Gasteiger partial charge on any atom is -0.324 e. The molecule has 1 amide bonds. The van der Waals surface area contributed by atoms with Gasteiger partial charge in [0.2, 0.25) is 5.91 Å². The number of hydrogen-bond donors (Lipinski definition) is 1. The minimum atomic E-state index is -4.95. The van der Waals surface area contributed by atoms with Crippen LogP contribution in [0, 0.1) is 5.82 Å². The summed E-state index contributed by atoms with van der Waals surface area (Å²) >= 11 is 0. The van der Waals surface area contributed by atoms with Crippen molar-refractivity contribution in [3.8, 4) is 0 Å². The molecule has 1 N–H and O–H groups in total. The number of carbonyl (C=O) groups is 1. The summed E-state index contributed by atoms with van der Waals surface area (Å²) in [6.07, 6.45) is -4.95. The van der Waals surface area contributed by atoms with Gasteiger partial charge in [-0.3, -0.25) is 4.79 Å². The van der Waals surface area contributed by atoms with Gasteiger partial charge in [-0.2, -0.15) is 17.6 Å². The number of benzene rings is 1. The minimum absolute atomic E-state index is 0.0420. The third-order valence-electron chi connectivity index (χ3n) is 2.85. The third-order valence-corrected chi connectivity index (χ3v) is 4.34. The highest BCUT2D eigenvalue weighted by molar-refractivity contribution is 7.85. The molecule has 0 spiro atoms. The van der Waals surface area contributed by atoms with Crippen molar-refractivity contribution >= 4 is 28.3 Å². The standard InChI is InChI=1S/C15H18F4N2O2S/c1-8(21-24(23)14(3,4)5)10-6-11(15(17,18)19)13(16)12(7-10)20-9(2)22/h6-7H,1-5H3,(H,20,22)/b21-8+. The average Bonchev–Trinajstić information content (AvgIpc) is 2.37. The lowest BCUT2D eigenvalue weighted by Gasteiger charge is -2.16. The summed E-state index contributed by atoms with van der Waals surface area (Å²) in [7, 11) is -1.69. The summed E-state index contributed by atoms with van der Waals surface area (Å²) < 4.78 is 68.2. The lowest BCUT2D eigenvalue weighted by atomic mass is 10.0. The first kappa shape index (κ1) is 20.3. The molecular weight excluding hydrogens is 348 g/mol. The number of amides is 1. The molecule has 0 heterocycles. The van der Waals surface area contributed by atoms with Crippen molar-refractivity contribution in [2.45, 2.75) is 45.5 Å². The van der Waals surface area contributed by atoms with Crippen molar-refractivity contribution in [2.75, 3.05) is 5.32 Å². The fourth-order valence-corrected chi connectivity index (χ4v) is 2.26. The van der Waals surface area contributed by atoms with E-state index in [2.05, 4.69) is 4.40 Å². The summed E-state index contributed by atoms with van der Waals surface area (Å²) in [5.41, 5.74) is -2.17. The van der Waals surface area contributed by atoms with E-state index in [1.54, 1.807) is 20.8 Å². The molecule has 9 heteroatoms. The van der Waals surface area contributed by atoms with Crippen molar-refractivity contribution in [2.24, 2.45) is 4.40 Å². The maximum absolute atomic E-state index is 14.0. The van der Waals surface area contributed by atoms with Gasteiger partial charge in [-0.05, 0) is 45.4 Å². The fourth-order valence-electron chi connectivity index (χ4n) is 1.63. The van der Waals surface area contributed by atoms with Crippen LogP contribution in [0.5, 0.6) is 0 Å². The highest BCUT2D eigenvalue weighted by atomic mass is 32.2. The Kier molecular flexibility index (Phi) is 5.91. The van der Waals surface area contributed by atoms with E-state index in [1.807, 2.05) is 5.32 Å². The smallest absolute Gasteiger partial charge is 0.324 e. The monoisotopic (exact) mass is 366 g/mol. The topological polar surface area (TPSA) is 58.5 Å². The Balaban J connectivity index is 3.51. The number of nitrogens with one attached hydrogen (secondary N) is 1. The molecule has 1 aromatic carbocycles. The Bertz CT molecular complexity index is 707. The Labute approximate surface area is 139 Å². The zero-order valence-electron chi connectivity index (χ0n) is 13.8. The molecule has 0 aliphatic heterocycles. The van der Waals surface area contributed by atoms with E-state index in [-0.39, 0.29) is 11.3 Å². The molecule has 0 saturated carbocycles. The van der Waals surface area contributed by atoms with Crippen LogP contribution >= 0.6 is 0 Å². The van der Waals surface area contributed by atoms with Crippen molar-refractivity contribution in [3.63, 3.8) is 0 Å². The van der Waals surface area contributed by atoms with Gasteiger partial charge in [-0.25, -0.2) is 8.60 Å². The molecule has 0 bridgehead atoms. The van der Waals surface area contributed by atoms with Crippen molar-refractivity contribution in [1.29, 1.82) is 0 Å². The van der Waals surface area contributed by atoms with E-state index in [9.17, 15) is 26.6 Å². The van der Waals surface area contributed by atoms with E-state index < -0.39 is 44.9 Å². The first-order valence-electron chi connectivity index (χ1n) is 6.89. The molecule has 0 aromatic heterocycles. The SMILES string of the molecule is CC(=O)Nc1cc(/C(C)=N/S(=O)C(C)(C)C)cc(C(F)(F)F)c1F. The second-order valence-corrected chi connectivity index (χ2v) is 8.01. The van der Waals surface area contributed by atoms with E-state index in [0.29, 0.717) is 6.07 Å². The molecule has 0 fully saturated rings. The Hall–Kier alpha value is -1.77. The van der Waals surface area contributed by atoms with Gasteiger partial charge in [-0.15, -0.1) is 0 Å². The van der Waals surface area contributed by atoms with Gasteiger partial charge < -0.3 is 5.32 Å². The number of nitrogens with zero attached hydrogens (tertiary/aromatic N) is 1. The molecule has 1 rings (SSSR count). The van der Waals surface area contributed by atoms with Gasteiger partial charge in [0.25, 0.3) is 0 Å². The molecule has 1 unspecified atom stereocenters. The number of hydrogen-bond acceptors (Lipinski definition) is 2. The first-order valence-corrected chi connectivity index (χ1v) is 8.00. The van der Waals surface area contributed by atoms with Crippen LogP contribution in [0.1, 0.15) is 45.7 Å². The van der Waals surface area contributed by atoms with E-state index in [4.69, 9.17) is 0 Å². The van der Waals surface area contributed by atoms with Crippen molar-refractivity contribution in [1.82, 2.24) is 0 Å². The molecule has 0 aliphatic carbocycles. The van der Waals surface area contributed by atoms with E-state index in [1.165, 1.54) is 6.92 Å². The van der Waals surface area contributed by atoms with Gasteiger partial charge in [-0.1, -0.05) is 0 Å². The van der Waals surface area contributed by atoms with Gasteiger partial charge >= 0.3 is 6.18 Å². The molecule has 1 atom stereocenters. The van der Waals surface area contributed by atoms with Crippen molar-refractivity contribution in [3.05, 3.63) is 29.1 Å². The third kappa shape index (κ3) is 5.12. The first-order chi connectivity index (χ1) is 10.7. The molecule has 0 radical (unpaired) electrons. The summed E-state index contributed by atoms with van der Waals surface area (Å²) in [5, 5.41) is 2.02. The van der Waals surface area contributed by atoms with Crippen LogP contribution in [-0.4, -0.2) is 20.6 Å². The van der Waals surface area contributed by atoms with Gasteiger partial charge in [0.1, 0.15) is 11.0 Å². The quantitative estimate of drug-likeness (QED) is 0.647. The Morgan fingerprint density at radius 1 is 1.17 bits per heavy atom. The zero-order valence-corrected chi connectivity index (χ0v) is 14.7. The molecular formula is C15H18F4N2O2S. The number of halogens is 4. The molecule has 0 saturated heterocycles. The fraction of sp³-hybridized carbons (Fsp3) is 0.467. The van der Waals surface area contributed by atoms with Crippen LogP contribution in [0.2, 0.25) is 0 Å². The summed E-state index contributed by atoms with van der Waals surface area (Å²) in [6.45, 7) is 7.40. The van der Waals surface area contributed by atoms with Gasteiger partial charge in [0.05, 0.1) is 21.7 Å². The largest absolute Gasteiger partial charge is 0.419 e. The maximum atomic E-state index is 14.0. The molecule has 1 aromatic rings. The number of carbonyl (C=O) groups excluding carboxylic acids is 1. The molecule has 134 valence electrons. The molecule has 4 nitrogen and oxygen atoms in total. The highest BCUT2D eigenvalue weighted by Crippen LogP contribution is 2.35. The number of anilines is 1. The summed E-state index contributed by atoms with van der Waals surface area (Å²) in [6, 6.07) is 1.62. The number of alkyl halides is 3. The van der Waals surface area contributed by atoms with Crippen LogP contribution in [-0.2, 0) is 22.0 Å². The van der Waals surface area contributed by atoms with Gasteiger partial charge in [0.15, 0.2) is 5.82 Å². The Morgan fingerprint density at radius 3 is 2.12 bits per heavy atom. The predicted octanol–water partition coefficient (Wildman–Crippen LogP) is 4.07. The second kappa shape index (κ2) is 7.00. The average molecular weight is 366 g/mol. The maximum Gasteiger partial charge on any atom is 0.419 e. The normalized spacial score (nSPS) is 14.5. The van der Waals surface area contributed by atoms with Gasteiger partial charge in [0, 0.05) is 6.92 Å². The van der Waals surface area contributed by atoms with Crippen LogP contribution in [0.4, 0.5) is 23.2 Å². The zero-order chi connectivity index (χ0) is 18.9. The second-order valence-electron chi connectivity index (χ2n) is 6.10. The summed E-state index contributed by atoms with van der Waals surface area (Å²) in [4.78, 5) is 11.1. The van der Waals surface area contributed by atoms with E-state index >= 15 is 0 Å². The lowest BCUT2D eigenvalue weighted by molar-refractivity contribution is -0.140. The summed E-state index contributed by atoms with van der Waals surface area (Å²) in [5.74, 6) is -2.29. The Morgan fingerprint density at radius 2 is 1.71 bits per heavy atom. The molecule has 24 heavy (non-hydrogen) atoms. The van der Waals surface area contributed by atoms with Crippen LogP contribution in [0.15, 0.2) is 16.5 Å². The molecule has 0 aliphatic rings. The number of rotatable bonds is 3. The van der Waals surface area contributed by atoms with E-state index in [0.717, 1.165) is 13.0 Å². The highest BCUT2D eigenvalue weighted by Gasteiger charge is 2.36. The van der Waals surface area contributed by atoms with Crippen LogP contribution < -0.4 is 5.32 Å². The predicted molar refractivity (Wildman–Crippen MR) is 85.8 cm³/mol. The van der Waals surface area contributed by atoms with Crippen LogP contribution in [0.25, 0.3) is 0 Å². The van der Waals surface area contributed by atoms with Crippen LogP contribution in [0.3, 0.4) is 0 Å². The van der Waals surface area contributed by atoms with Crippen molar-refractivity contribution < 1.29 is 26.6 Å².